The molecule has 0 fully saturated rings. The molecule has 0 saturated heterocycles. The van der Waals surface area contributed by atoms with Crippen LogP contribution in [0.5, 0.6) is 0 Å². The molecule has 0 saturated carbocycles. The third kappa shape index (κ3) is 2.88. The standard InChI is InChI=1S/C13H16N4O2S/c1-4-10-7(2)20-13(16-10)17-11-9(12(18)19-3)5-8(14)6-15-11/h5-6H,4,14H2,1-3H3,(H,15,16,17). The van der Waals surface area contributed by atoms with Gasteiger partial charge in [0.2, 0.25) is 0 Å². The van der Waals surface area contributed by atoms with Gasteiger partial charge in [0.1, 0.15) is 11.4 Å². The lowest BCUT2D eigenvalue weighted by molar-refractivity contribution is 0.0601. The number of carbonyl (C=O) groups excluding carboxylic acids is 1. The summed E-state index contributed by atoms with van der Waals surface area (Å²) in [7, 11) is 1.32. The molecule has 0 amide bonds. The molecular formula is C13H16N4O2S. The van der Waals surface area contributed by atoms with Crippen molar-refractivity contribution in [2.24, 2.45) is 0 Å². The number of aromatic nitrogens is 2. The molecule has 3 N–H and O–H groups in total. The van der Waals surface area contributed by atoms with E-state index in [1.165, 1.54) is 30.7 Å². The number of nitrogens with zero attached hydrogens (tertiary/aromatic N) is 2. The fourth-order valence-electron chi connectivity index (χ4n) is 1.76. The number of aryl methyl sites for hydroxylation is 2. The summed E-state index contributed by atoms with van der Waals surface area (Å²) >= 11 is 1.52. The average Bonchev–Trinajstić information content (AvgIpc) is 2.80. The van der Waals surface area contributed by atoms with Gasteiger partial charge in [0.05, 0.1) is 24.7 Å². The van der Waals surface area contributed by atoms with E-state index in [0.29, 0.717) is 22.2 Å². The maximum atomic E-state index is 11.7. The molecule has 20 heavy (non-hydrogen) atoms. The van der Waals surface area contributed by atoms with Gasteiger partial charge in [-0.1, -0.05) is 6.92 Å². The molecule has 0 aliphatic carbocycles. The zero-order valence-corrected chi connectivity index (χ0v) is 12.4. The molecule has 0 bridgehead atoms. The molecule has 0 aliphatic heterocycles. The third-order valence-electron chi connectivity index (χ3n) is 2.77. The van der Waals surface area contributed by atoms with Crippen LogP contribution in [0.2, 0.25) is 0 Å². The first-order chi connectivity index (χ1) is 9.55. The minimum atomic E-state index is -0.490. The summed E-state index contributed by atoms with van der Waals surface area (Å²) in [6.45, 7) is 4.06. The highest BCUT2D eigenvalue weighted by atomic mass is 32.1. The Kier molecular flexibility index (Phi) is 4.19. The molecule has 106 valence electrons. The molecule has 0 radical (unpaired) electrons. The maximum absolute atomic E-state index is 11.7. The molecule has 2 aromatic rings. The predicted octanol–water partition coefficient (Wildman–Crippen LogP) is 2.52. The number of nitrogens with two attached hydrogens (primary N) is 1. The summed E-state index contributed by atoms with van der Waals surface area (Å²) in [6.07, 6.45) is 2.35. The van der Waals surface area contributed by atoms with Crippen LogP contribution in [0.25, 0.3) is 0 Å². The topological polar surface area (TPSA) is 90.1 Å². The van der Waals surface area contributed by atoms with Crippen molar-refractivity contribution >= 4 is 33.9 Å². The van der Waals surface area contributed by atoms with Crippen molar-refractivity contribution in [3.63, 3.8) is 0 Å². The van der Waals surface area contributed by atoms with E-state index in [4.69, 9.17) is 10.5 Å². The van der Waals surface area contributed by atoms with E-state index < -0.39 is 5.97 Å². The van der Waals surface area contributed by atoms with Gasteiger partial charge in [-0.25, -0.2) is 14.8 Å². The van der Waals surface area contributed by atoms with Crippen molar-refractivity contribution < 1.29 is 9.53 Å². The number of hydrogen-bond acceptors (Lipinski definition) is 7. The van der Waals surface area contributed by atoms with Gasteiger partial charge in [0, 0.05) is 4.88 Å². The molecule has 0 spiro atoms. The highest BCUT2D eigenvalue weighted by Crippen LogP contribution is 2.27. The Bertz CT molecular complexity index is 639. The quantitative estimate of drug-likeness (QED) is 0.842. The molecule has 0 aromatic carbocycles. The second kappa shape index (κ2) is 5.87. The number of thiazole rings is 1. The molecule has 2 aromatic heterocycles. The molecule has 2 heterocycles. The lowest BCUT2D eigenvalue weighted by atomic mass is 10.2. The van der Waals surface area contributed by atoms with Gasteiger partial charge in [-0.15, -0.1) is 11.3 Å². The van der Waals surface area contributed by atoms with Crippen LogP contribution in [-0.2, 0) is 11.2 Å². The van der Waals surface area contributed by atoms with Gasteiger partial charge >= 0.3 is 5.97 Å². The Morgan fingerprint density at radius 3 is 2.90 bits per heavy atom. The molecule has 0 atom stereocenters. The predicted molar refractivity (Wildman–Crippen MR) is 79.5 cm³/mol. The first-order valence-electron chi connectivity index (χ1n) is 6.12. The van der Waals surface area contributed by atoms with Crippen LogP contribution in [0.4, 0.5) is 16.6 Å². The average molecular weight is 292 g/mol. The minimum Gasteiger partial charge on any atom is -0.465 e. The van der Waals surface area contributed by atoms with Crippen LogP contribution in [0, 0.1) is 6.92 Å². The summed E-state index contributed by atoms with van der Waals surface area (Å²) < 4.78 is 4.73. The summed E-state index contributed by atoms with van der Waals surface area (Å²) in [6, 6.07) is 1.53. The number of nitrogen functional groups attached to an aromatic ring is 1. The van der Waals surface area contributed by atoms with Crippen LogP contribution in [-0.4, -0.2) is 23.0 Å². The highest BCUT2D eigenvalue weighted by Gasteiger charge is 2.15. The van der Waals surface area contributed by atoms with Gasteiger partial charge in [0.25, 0.3) is 0 Å². The number of nitrogens with one attached hydrogen (secondary N) is 1. The lowest BCUT2D eigenvalue weighted by Crippen LogP contribution is -2.08. The smallest absolute Gasteiger partial charge is 0.341 e. The van der Waals surface area contributed by atoms with Crippen LogP contribution in [0.15, 0.2) is 12.3 Å². The Balaban J connectivity index is 2.35. The van der Waals surface area contributed by atoms with Crippen molar-refractivity contribution in [2.45, 2.75) is 20.3 Å². The number of methoxy groups -OCH3 is 1. The van der Waals surface area contributed by atoms with Crippen LogP contribution >= 0.6 is 11.3 Å². The SMILES string of the molecule is CCc1nc(Nc2ncc(N)cc2C(=O)OC)sc1C. The second-order valence-corrected chi connectivity index (χ2v) is 5.36. The van der Waals surface area contributed by atoms with E-state index in [0.717, 1.165) is 17.0 Å². The van der Waals surface area contributed by atoms with E-state index in [1.807, 2.05) is 13.8 Å². The zero-order valence-electron chi connectivity index (χ0n) is 11.6. The maximum Gasteiger partial charge on any atom is 0.341 e. The van der Waals surface area contributed by atoms with E-state index >= 15 is 0 Å². The van der Waals surface area contributed by atoms with E-state index in [2.05, 4.69) is 15.3 Å². The van der Waals surface area contributed by atoms with Crippen molar-refractivity contribution in [1.29, 1.82) is 0 Å². The number of pyridine rings is 1. The second-order valence-electron chi connectivity index (χ2n) is 4.16. The number of carbonyl (C=O) groups is 1. The van der Waals surface area contributed by atoms with Gasteiger partial charge < -0.3 is 15.8 Å². The summed E-state index contributed by atoms with van der Waals surface area (Å²) in [5, 5.41) is 3.75. The van der Waals surface area contributed by atoms with Crippen LogP contribution < -0.4 is 11.1 Å². The highest BCUT2D eigenvalue weighted by molar-refractivity contribution is 7.15. The fourth-order valence-corrected chi connectivity index (χ4v) is 2.66. The number of esters is 1. The Morgan fingerprint density at radius 1 is 1.55 bits per heavy atom. The molecular weight excluding hydrogens is 276 g/mol. The molecule has 0 unspecified atom stereocenters. The molecule has 0 aliphatic rings. The number of hydrogen-bond donors (Lipinski definition) is 2. The van der Waals surface area contributed by atoms with Crippen molar-refractivity contribution in [3.8, 4) is 0 Å². The third-order valence-corrected chi connectivity index (χ3v) is 3.70. The van der Waals surface area contributed by atoms with E-state index in [-0.39, 0.29) is 0 Å². The van der Waals surface area contributed by atoms with Crippen molar-refractivity contribution in [1.82, 2.24) is 9.97 Å². The largest absolute Gasteiger partial charge is 0.465 e. The monoisotopic (exact) mass is 292 g/mol. The Labute approximate surface area is 121 Å². The van der Waals surface area contributed by atoms with Gasteiger partial charge in [-0.2, -0.15) is 0 Å². The van der Waals surface area contributed by atoms with Crippen molar-refractivity contribution in [2.75, 3.05) is 18.2 Å². The Morgan fingerprint density at radius 2 is 2.30 bits per heavy atom. The van der Waals surface area contributed by atoms with Crippen molar-refractivity contribution in [3.05, 3.63) is 28.4 Å². The lowest BCUT2D eigenvalue weighted by Gasteiger charge is -2.08. The zero-order chi connectivity index (χ0) is 14.7. The first kappa shape index (κ1) is 14.3. The normalized spacial score (nSPS) is 10.3. The van der Waals surface area contributed by atoms with E-state index in [1.54, 1.807) is 0 Å². The van der Waals surface area contributed by atoms with Gasteiger partial charge in [-0.3, -0.25) is 0 Å². The molecule has 2 rings (SSSR count). The van der Waals surface area contributed by atoms with Crippen LogP contribution in [0.1, 0.15) is 27.9 Å². The number of ether oxygens (including phenoxy) is 1. The summed E-state index contributed by atoms with van der Waals surface area (Å²) in [5.41, 5.74) is 7.38. The summed E-state index contributed by atoms with van der Waals surface area (Å²) in [5.74, 6) is -0.0984. The number of rotatable bonds is 4. The van der Waals surface area contributed by atoms with E-state index in [9.17, 15) is 4.79 Å². The van der Waals surface area contributed by atoms with Gasteiger partial charge in [-0.05, 0) is 19.4 Å². The molecule has 7 heteroatoms. The van der Waals surface area contributed by atoms with Crippen LogP contribution in [0.3, 0.4) is 0 Å². The first-order valence-corrected chi connectivity index (χ1v) is 6.94. The minimum absolute atomic E-state index is 0.290. The Hall–Kier alpha value is -2.15. The fraction of sp³-hybridized carbons (Fsp3) is 0.308. The summed E-state index contributed by atoms with van der Waals surface area (Å²) in [4.78, 5) is 21.5. The van der Waals surface area contributed by atoms with Gasteiger partial charge in [0.15, 0.2) is 5.13 Å². The molecule has 6 nitrogen and oxygen atoms in total. The number of anilines is 3.